The fraction of sp³-hybridized carbons (Fsp3) is 0.125. The summed E-state index contributed by atoms with van der Waals surface area (Å²) in [7, 11) is 3.44. The average Bonchev–Trinajstić information content (AvgIpc) is 3.08. The number of hydrogen-bond donors (Lipinski definition) is 0. The highest BCUT2D eigenvalue weighted by atomic mass is 127. The molecule has 4 nitrogen and oxygen atoms in total. The minimum absolute atomic E-state index is 0.0130. The highest BCUT2D eigenvalue weighted by Gasteiger charge is 2.29. The van der Waals surface area contributed by atoms with Crippen LogP contribution in [0.4, 0.5) is 0 Å². The van der Waals surface area contributed by atoms with Crippen molar-refractivity contribution in [2.24, 2.45) is 4.99 Å². The minimum atomic E-state index is -0.0130. The van der Waals surface area contributed by atoms with Gasteiger partial charge in [0, 0.05) is 35.2 Å². The van der Waals surface area contributed by atoms with Crippen molar-refractivity contribution in [1.29, 1.82) is 0 Å². The van der Waals surface area contributed by atoms with E-state index >= 15 is 0 Å². The predicted octanol–water partition coefficient (Wildman–Crippen LogP) is 3.61. The molecule has 1 aliphatic rings. The first-order valence-electron chi connectivity index (χ1n) is 6.68. The number of benzene rings is 1. The van der Waals surface area contributed by atoms with Gasteiger partial charge in [-0.05, 0) is 76.8 Å². The van der Waals surface area contributed by atoms with Crippen LogP contribution >= 0.6 is 34.4 Å². The number of carbonyl (C=O) groups excluding carboxylic acids is 1. The third kappa shape index (κ3) is 2.85. The van der Waals surface area contributed by atoms with Crippen LogP contribution in [-0.4, -0.2) is 34.6 Å². The number of halogens is 1. The van der Waals surface area contributed by atoms with Crippen LogP contribution in [0.25, 0.3) is 11.8 Å². The molecule has 0 N–H and O–H groups in total. The number of hydrogen-bond acceptors (Lipinski definition) is 3. The summed E-state index contributed by atoms with van der Waals surface area (Å²) in [6.07, 6.45) is 3.91. The summed E-state index contributed by atoms with van der Waals surface area (Å²) in [6.45, 7) is 0. The molecule has 1 amide bonds. The molecule has 0 unspecified atom stereocenters. The Kier molecular flexibility index (Phi) is 4.39. The summed E-state index contributed by atoms with van der Waals surface area (Å²) in [5.74, 6) is -0.0130. The van der Waals surface area contributed by atoms with Gasteiger partial charge in [-0.3, -0.25) is 14.7 Å². The lowest BCUT2D eigenvalue weighted by molar-refractivity contribution is -0.121. The van der Waals surface area contributed by atoms with E-state index in [1.807, 2.05) is 24.4 Å². The maximum absolute atomic E-state index is 12.2. The summed E-state index contributed by atoms with van der Waals surface area (Å²) in [5.41, 5.74) is 2.05. The van der Waals surface area contributed by atoms with E-state index in [2.05, 4.69) is 56.4 Å². The zero-order valence-corrected chi connectivity index (χ0v) is 15.1. The molecule has 0 aliphatic carbocycles. The summed E-state index contributed by atoms with van der Waals surface area (Å²) in [4.78, 5) is 18.6. The van der Waals surface area contributed by atoms with Gasteiger partial charge in [0.05, 0.1) is 4.91 Å². The van der Waals surface area contributed by atoms with Gasteiger partial charge in [0.1, 0.15) is 0 Å². The van der Waals surface area contributed by atoms with Gasteiger partial charge in [0.2, 0.25) is 0 Å². The monoisotopic (exact) mass is 423 g/mol. The molecule has 1 saturated heterocycles. The van der Waals surface area contributed by atoms with Crippen LogP contribution in [-0.2, 0) is 4.79 Å². The van der Waals surface area contributed by atoms with Crippen LogP contribution in [0.3, 0.4) is 0 Å². The van der Waals surface area contributed by atoms with Crippen molar-refractivity contribution in [2.45, 2.75) is 0 Å². The molecule has 2 aromatic rings. The third-order valence-corrected chi connectivity index (χ3v) is 5.23. The lowest BCUT2D eigenvalue weighted by atomic mass is 10.3. The van der Waals surface area contributed by atoms with Gasteiger partial charge in [0.25, 0.3) is 5.91 Å². The molecule has 1 aromatic heterocycles. The Bertz CT molecular complexity index is 777. The molecular weight excluding hydrogens is 409 g/mol. The third-order valence-electron chi connectivity index (χ3n) is 3.36. The minimum Gasteiger partial charge on any atom is -0.317 e. The molecule has 6 heteroatoms. The van der Waals surface area contributed by atoms with Crippen molar-refractivity contribution >= 4 is 51.5 Å². The molecule has 0 radical (unpaired) electrons. The normalized spacial score (nSPS) is 18.7. The molecule has 0 spiro atoms. The Hall–Kier alpha value is -1.54. The van der Waals surface area contributed by atoms with Gasteiger partial charge in [-0.15, -0.1) is 0 Å². The van der Waals surface area contributed by atoms with Crippen LogP contribution in [0.15, 0.2) is 52.5 Å². The van der Waals surface area contributed by atoms with E-state index < -0.39 is 0 Å². The second-order valence-corrected chi connectivity index (χ2v) is 7.02. The number of aliphatic imine (C=N–C) groups is 1. The number of amides is 1. The number of amidine groups is 1. The largest absolute Gasteiger partial charge is 0.317 e. The first-order chi connectivity index (χ1) is 10.6. The lowest BCUT2D eigenvalue weighted by Crippen LogP contribution is -2.23. The van der Waals surface area contributed by atoms with Gasteiger partial charge >= 0.3 is 0 Å². The van der Waals surface area contributed by atoms with Crippen LogP contribution in [0, 0.1) is 3.57 Å². The zero-order chi connectivity index (χ0) is 15.7. The van der Waals surface area contributed by atoms with E-state index in [-0.39, 0.29) is 5.91 Å². The van der Waals surface area contributed by atoms with Gasteiger partial charge in [-0.1, -0.05) is 0 Å². The second kappa shape index (κ2) is 6.29. The topological polar surface area (TPSA) is 37.6 Å². The van der Waals surface area contributed by atoms with Crippen molar-refractivity contribution in [3.63, 3.8) is 0 Å². The molecule has 112 valence electrons. The first kappa shape index (κ1) is 15.4. The summed E-state index contributed by atoms with van der Waals surface area (Å²) in [6, 6.07) is 12.2. The Balaban J connectivity index is 1.98. The summed E-state index contributed by atoms with van der Waals surface area (Å²) >= 11 is 3.69. The van der Waals surface area contributed by atoms with Crippen molar-refractivity contribution < 1.29 is 4.79 Å². The Morgan fingerprint density at radius 1 is 1.23 bits per heavy atom. The SMILES string of the molecule is CN=C1SC(=Cc2cccn2-c2ccc(I)cc2)C(=O)N1C. The van der Waals surface area contributed by atoms with E-state index in [0.29, 0.717) is 4.91 Å². The maximum Gasteiger partial charge on any atom is 0.266 e. The van der Waals surface area contributed by atoms with Gasteiger partial charge in [0.15, 0.2) is 5.17 Å². The molecule has 3 rings (SSSR count). The number of likely N-dealkylation sites (N-methyl/N-ethyl adjacent to an activating group) is 1. The lowest BCUT2D eigenvalue weighted by Gasteiger charge is -2.07. The number of nitrogens with zero attached hydrogens (tertiary/aromatic N) is 3. The maximum atomic E-state index is 12.2. The van der Waals surface area contributed by atoms with Crippen molar-refractivity contribution in [3.8, 4) is 5.69 Å². The fourth-order valence-electron chi connectivity index (χ4n) is 2.23. The molecule has 0 atom stereocenters. The average molecular weight is 423 g/mol. The predicted molar refractivity (Wildman–Crippen MR) is 100 cm³/mol. The van der Waals surface area contributed by atoms with Crippen LogP contribution in [0.2, 0.25) is 0 Å². The van der Waals surface area contributed by atoms with Crippen molar-refractivity contribution in [1.82, 2.24) is 9.47 Å². The number of thioether (sulfide) groups is 1. The molecule has 0 saturated carbocycles. The van der Waals surface area contributed by atoms with E-state index in [9.17, 15) is 4.79 Å². The van der Waals surface area contributed by atoms with E-state index in [1.165, 1.54) is 15.3 Å². The van der Waals surface area contributed by atoms with Crippen LogP contribution in [0.1, 0.15) is 5.69 Å². The highest BCUT2D eigenvalue weighted by Crippen LogP contribution is 2.31. The number of rotatable bonds is 2. The first-order valence-corrected chi connectivity index (χ1v) is 8.57. The van der Waals surface area contributed by atoms with E-state index in [0.717, 1.165) is 16.5 Å². The van der Waals surface area contributed by atoms with Crippen molar-refractivity contribution in [2.75, 3.05) is 14.1 Å². The fourth-order valence-corrected chi connectivity index (χ4v) is 3.50. The molecule has 22 heavy (non-hydrogen) atoms. The van der Waals surface area contributed by atoms with E-state index in [1.54, 1.807) is 19.0 Å². The van der Waals surface area contributed by atoms with Crippen LogP contribution < -0.4 is 0 Å². The smallest absolute Gasteiger partial charge is 0.266 e. The van der Waals surface area contributed by atoms with Crippen molar-refractivity contribution in [3.05, 3.63) is 56.8 Å². The standard InChI is InChI=1S/C16H14IN3OS/c1-18-16-19(2)15(21)14(22-16)10-13-4-3-9-20(13)12-7-5-11(17)6-8-12/h3-10H,1-2H3. The summed E-state index contributed by atoms with van der Waals surface area (Å²) in [5, 5.41) is 0.726. The number of aromatic nitrogens is 1. The highest BCUT2D eigenvalue weighted by molar-refractivity contribution is 14.1. The Morgan fingerprint density at radius 3 is 2.59 bits per heavy atom. The second-order valence-electron chi connectivity index (χ2n) is 4.76. The Morgan fingerprint density at radius 2 is 1.95 bits per heavy atom. The summed E-state index contributed by atoms with van der Waals surface area (Å²) < 4.78 is 3.26. The number of carbonyl (C=O) groups is 1. The molecule has 1 aliphatic heterocycles. The molecule has 2 heterocycles. The zero-order valence-electron chi connectivity index (χ0n) is 12.2. The Labute approximate surface area is 147 Å². The van der Waals surface area contributed by atoms with Gasteiger partial charge < -0.3 is 4.57 Å². The quantitative estimate of drug-likeness (QED) is 0.547. The molecule has 1 aromatic carbocycles. The van der Waals surface area contributed by atoms with Gasteiger partial charge in [-0.2, -0.15) is 0 Å². The van der Waals surface area contributed by atoms with E-state index in [4.69, 9.17) is 0 Å². The molecule has 0 bridgehead atoms. The van der Waals surface area contributed by atoms with Crippen LogP contribution in [0.5, 0.6) is 0 Å². The molecular formula is C16H14IN3OS. The van der Waals surface area contributed by atoms with Gasteiger partial charge in [-0.25, -0.2) is 0 Å². The molecule has 1 fully saturated rings.